The Bertz CT molecular complexity index is 1290. The van der Waals surface area contributed by atoms with Gasteiger partial charge in [0.15, 0.2) is 0 Å². The maximum absolute atomic E-state index is 13.0. The van der Waals surface area contributed by atoms with Crippen molar-refractivity contribution in [1.29, 1.82) is 0 Å². The number of imide groups is 2. The number of benzene rings is 2. The highest BCUT2D eigenvalue weighted by molar-refractivity contribution is 6.38. The molecule has 2 aromatic carbocycles. The van der Waals surface area contributed by atoms with E-state index in [1.807, 2.05) is 0 Å². The van der Waals surface area contributed by atoms with Gasteiger partial charge < -0.3 is 9.52 Å². The SMILES string of the molecule is Cc1cc(C(=O)O)ccc1-c1ccc(/C=C2\C(=O)N(C)C(=O)N(c3ccccc3)C2=O)o1. The van der Waals surface area contributed by atoms with Crippen molar-refractivity contribution in [2.75, 3.05) is 11.9 Å². The second-order valence-corrected chi connectivity index (χ2v) is 7.22. The summed E-state index contributed by atoms with van der Waals surface area (Å²) in [5, 5.41) is 9.12. The van der Waals surface area contributed by atoms with Crippen LogP contribution in [0.1, 0.15) is 21.7 Å². The molecule has 0 aliphatic carbocycles. The van der Waals surface area contributed by atoms with Crippen molar-refractivity contribution in [1.82, 2.24) is 4.90 Å². The number of carboxylic acid groups (broad SMARTS) is 1. The molecule has 3 aromatic rings. The molecule has 0 unspecified atom stereocenters. The van der Waals surface area contributed by atoms with Crippen LogP contribution in [-0.4, -0.2) is 40.9 Å². The number of urea groups is 1. The minimum Gasteiger partial charge on any atom is -0.478 e. The lowest BCUT2D eigenvalue weighted by atomic mass is 10.0. The van der Waals surface area contributed by atoms with Gasteiger partial charge in [-0.15, -0.1) is 0 Å². The number of carbonyl (C=O) groups excluding carboxylic acids is 3. The van der Waals surface area contributed by atoms with Crippen LogP contribution < -0.4 is 4.90 Å². The number of para-hydroxylation sites is 1. The van der Waals surface area contributed by atoms with Crippen LogP contribution in [-0.2, 0) is 9.59 Å². The van der Waals surface area contributed by atoms with E-state index in [4.69, 9.17) is 9.52 Å². The van der Waals surface area contributed by atoms with E-state index < -0.39 is 23.8 Å². The molecule has 4 amide bonds. The minimum atomic E-state index is -1.03. The highest BCUT2D eigenvalue weighted by atomic mass is 16.4. The van der Waals surface area contributed by atoms with Gasteiger partial charge in [0.05, 0.1) is 11.3 Å². The molecule has 1 aliphatic heterocycles. The Morgan fingerprint density at radius 2 is 1.69 bits per heavy atom. The normalized spacial score (nSPS) is 15.6. The zero-order valence-electron chi connectivity index (χ0n) is 17.2. The van der Waals surface area contributed by atoms with Gasteiger partial charge in [0.25, 0.3) is 11.8 Å². The van der Waals surface area contributed by atoms with E-state index in [9.17, 15) is 19.2 Å². The number of amides is 4. The molecule has 32 heavy (non-hydrogen) atoms. The summed E-state index contributed by atoms with van der Waals surface area (Å²) in [6.45, 7) is 1.76. The number of likely N-dealkylation sites (N-methyl/N-ethyl adjacent to an activating group) is 1. The summed E-state index contributed by atoms with van der Waals surface area (Å²) in [6.07, 6.45) is 1.30. The largest absolute Gasteiger partial charge is 0.478 e. The van der Waals surface area contributed by atoms with Gasteiger partial charge in [-0.05, 0) is 55.0 Å². The molecule has 4 rings (SSSR count). The number of rotatable bonds is 4. The van der Waals surface area contributed by atoms with Crippen molar-refractivity contribution in [2.24, 2.45) is 0 Å². The topological polar surface area (TPSA) is 108 Å². The second-order valence-electron chi connectivity index (χ2n) is 7.22. The van der Waals surface area contributed by atoms with E-state index in [2.05, 4.69) is 0 Å². The molecule has 0 bridgehead atoms. The molecule has 1 fully saturated rings. The number of furan rings is 1. The van der Waals surface area contributed by atoms with Crippen molar-refractivity contribution in [3.8, 4) is 11.3 Å². The van der Waals surface area contributed by atoms with Gasteiger partial charge in [-0.1, -0.05) is 24.3 Å². The van der Waals surface area contributed by atoms with Crippen LogP contribution in [0.2, 0.25) is 0 Å². The number of barbiturate groups is 1. The Balaban J connectivity index is 1.70. The summed E-state index contributed by atoms with van der Waals surface area (Å²) in [5.74, 6) is -1.81. The molecule has 8 nitrogen and oxygen atoms in total. The average molecular weight is 430 g/mol. The Hall–Kier alpha value is -4.46. The summed E-state index contributed by atoms with van der Waals surface area (Å²) in [7, 11) is 1.31. The summed E-state index contributed by atoms with van der Waals surface area (Å²) in [6, 6.07) is 15.5. The Kier molecular flexibility index (Phi) is 5.19. The molecule has 1 aliphatic rings. The van der Waals surface area contributed by atoms with Crippen molar-refractivity contribution in [2.45, 2.75) is 6.92 Å². The van der Waals surface area contributed by atoms with Crippen LogP contribution in [0.3, 0.4) is 0 Å². The van der Waals surface area contributed by atoms with E-state index in [1.54, 1.807) is 55.5 Å². The smallest absolute Gasteiger partial charge is 0.338 e. The molecule has 2 heterocycles. The molecule has 0 saturated carbocycles. The van der Waals surface area contributed by atoms with Gasteiger partial charge in [-0.2, -0.15) is 0 Å². The third-order valence-electron chi connectivity index (χ3n) is 5.11. The number of aromatic carboxylic acids is 1. The average Bonchev–Trinajstić information content (AvgIpc) is 3.24. The summed E-state index contributed by atoms with van der Waals surface area (Å²) in [5.41, 5.74) is 1.67. The van der Waals surface area contributed by atoms with E-state index >= 15 is 0 Å². The number of aryl methyl sites for hydroxylation is 1. The molecule has 0 radical (unpaired) electrons. The van der Waals surface area contributed by atoms with Crippen molar-refractivity contribution in [3.05, 3.63) is 83.1 Å². The molecule has 0 spiro atoms. The van der Waals surface area contributed by atoms with E-state index in [-0.39, 0.29) is 16.9 Å². The molecule has 1 N–H and O–H groups in total. The van der Waals surface area contributed by atoms with Gasteiger partial charge >= 0.3 is 12.0 Å². The first-order chi connectivity index (χ1) is 15.3. The lowest BCUT2D eigenvalue weighted by molar-refractivity contribution is -0.128. The lowest BCUT2D eigenvalue weighted by Gasteiger charge is -2.31. The number of hydrogen-bond donors (Lipinski definition) is 1. The third kappa shape index (κ3) is 3.58. The first kappa shape index (κ1) is 20.8. The predicted octanol–water partition coefficient (Wildman–Crippen LogP) is 3.96. The van der Waals surface area contributed by atoms with Crippen LogP contribution in [0.4, 0.5) is 10.5 Å². The molecular formula is C24H18N2O6. The number of carboxylic acids is 1. The standard InChI is InChI=1S/C24H18N2O6/c1-14-12-15(23(29)30)8-10-18(14)20-11-9-17(32-20)13-19-21(27)25(2)24(31)26(22(19)28)16-6-4-3-5-7-16/h3-13H,1-2H3,(H,29,30)/b19-13+. The fourth-order valence-electron chi connectivity index (χ4n) is 3.44. The summed E-state index contributed by atoms with van der Waals surface area (Å²) in [4.78, 5) is 51.2. The van der Waals surface area contributed by atoms with Gasteiger partial charge in [0, 0.05) is 12.6 Å². The monoisotopic (exact) mass is 430 g/mol. The van der Waals surface area contributed by atoms with E-state index in [1.165, 1.54) is 25.3 Å². The van der Waals surface area contributed by atoms with Crippen LogP contribution >= 0.6 is 0 Å². The highest BCUT2D eigenvalue weighted by Crippen LogP contribution is 2.29. The number of nitrogens with zero attached hydrogens (tertiary/aromatic N) is 2. The highest BCUT2D eigenvalue weighted by Gasteiger charge is 2.41. The maximum atomic E-state index is 13.0. The van der Waals surface area contributed by atoms with Gasteiger partial charge in [-0.25, -0.2) is 14.5 Å². The maximum Gasteiger partial charge on any atom is 0.338 e. The quantitative estimate of drug-likeness (QED) is 0.496. The van der Waals surface area contributed by atoms with E-state index in [0.717, 1.165) is 9.80 Å². The van der Waals surface area contributed by atoms with Crippen molar-refractivity contribution in [3.63, 3.8) is 0 Å². The molecule has 1 saturated heterocycles. The van der Waals surface area contributed by atoms with Gasteiger partial charge in [-0.3, -0.25) is 14.5 Å². The molecular weight excluding hydrogens is 412 g/mol. The third-order valence-corrected chi connectivity index (χ3v) is 5.11. The molecule has 160 valence electrons. The zero-order valence-corrected chi connectivity index (χ0v) is 17.2. The summed E-state index contributed by atoms with van der Waals surface area (Å²) < 4.78 is 5.80. The van der Waals surface area contributed by atoms with Gasteiger partial charge in [0.1, 0.15) is 17.1 Å². The van der Waals surface area contributed by atoms with Crippen LogP contribution in [0.15, 0.2) is 70.7 Å². The Morgan fingerprint density at radius 1 is 0.969 bits per heavy atom. The van der Waals surface area contributed by atoms with Gasteiger partial charge in [0.2, 0.25) is 0 Å². The van der Waals surface area contributed by atoms with Crippen LogP contribution in [0.5, 0.6) is 0 Å². The van der Waals surface area contributed by atoms with Crippen LogP contribution in [0, 0.1) is 6.92 Å². The van der Waals surface area contributed by atoms with E-state index in [0.29, 0.717) is 22.6 Å². The molecule has 1 aromatic heterocycles. The number of carbonyl (C=O) groups is 4. The predicted molar refractivity (Wildman–Crippen MR) is 116 cm³/mol. The number of hydrogen-bond acceptors (Lipinski definition) is 5. The zero-order chi connectivity index (χ0) is 23.0. The van der Waals surface area contributed by atoms with Crippen molar-refractivity contribution < 1.29 is 28.7 Å². The molecule has 0 atom stereocenters. The van der Waals surface area contributed by atoms with Crippen molar-refractivity contribution >= 4 is 35.6 Å². The first-order valence-corrected chi connectivity index (χ1v) is 9.65. The lowest BCUT2D eigenvalue weighted by Crippen LogP contribution is -2.55. The fourth-order valence-corrected chi connectivity index (χ4v) is 3.44. The fraction of sp³-hybridized carbons (Fsp3) is 0.0833. The molecule has 8 heteroatoms. The first-order valence-electron chi connectivity index (χ1n) is 9.65. The minimum absolute atomic E-state index is 0.159. The second kappa shape index (κ2) is 7.99. The Labute approximate surface area is 183 Å². The number of anilines is 1. The van der Waals surface area contributed by atoms with Crippen LogP contribution in [0.25, 0.3) is 17.4 Å². The summed E-state index contributed by atoms with van der Waals surface area (Å²) >= 11 is 0. The Morgan fingerprint density at radius 3 is 2.34 bits per heavy atom.